The van der Waals surface area contributed by atoms with E-state index in [1.807, 2.05) is 25.1 Å². The van der Waals surface area contributed by atoms with E-state index in [1.165, 1.54) is 5.56 Å². The molecule has 98 valence electrons. The third-order valence-electron chi connectivity index (χ3n) is 3.18. The minimum atomic E-state index is -0.174. The average molecular weight is 248 g/mol. The molecule has 0 saturated heterocycles. The molecule has 1 N–H and O–H groups in total. The van der Waals surface area contributed by atoms with E-state index < -0.39 is 0 Å². The molecule has 4 nitrogen and oxygen atoms in total. The van der Waals surface area contributed by atoms with Crippen LogP contribution in [0, 0.1) is 0 Å². The molecule has 0 aromatic heterocycles. The molecule has 0 saturated carbocycles. The smallest absolute Gasteiger partial charge is 0.238 e. The van der Waals surface area contributed by atoms with Gasteiger partial charge in [-0.05, 0) is 18.6 Å². The maximum absolute atomic E-state index is 11.7. The van der Waals surface area contributed by atoms with Gasteiger partial charge in [-0.15, -0.1) is 0 Å². The number of para-hydroxylation sites is 1. The number of amides is 1. The first-order chi connectivity index (χ1) is 8.58. The van der Waals surface area contributed by atoms with Gasteiger partial charge in [0.05, 0.1) is 6.04 Å². The number of hydrogen-bond donors (Lipinski definition) is 1. The van der Waals surface area contributed by atoms with Crippen LogP contribution >= 0.6 is 0 Å². The van der Waals surface area contributed by atoms with Crippen LogP contribution in [0.1, 0.15) is 12.5 Å². The number of fused-ring (bicyclic) bond motifs is 1. The van der Waals surface area contributed by atoms with Gasteiger partial charge >= 0.3 is 0 Å². The van der Waals surface area contributed by atoms with Crippen molar-refractivity contribution in [1.29, 1.82) is 0 Å². The lowest BCUT2D eigenvalue weighted by Crippen LogP contribution is -2.45. The highest BCUT2D eigenvalue weighted by atomic mass is 16.5. The standard InChI is InChI=1S/C14H20N2O2/c1-10(14(17)16(2)3)15-9-12-8-11-6-4-5-7-13(11)18-12/h4-7,10,12,15H,8-9H2,1-3H3. The molecule has 0 radical (unpaired) electrons. The predicted molar refractivity (Wildman–Crippen MR) is 70.7 cm³/mol. The molecule has 0 aliphatic carbocycles. The molecule has 1 aliphatic heterocycles. The molecule has 1 aliphatic rings. The maximum Gasteiger partial charge on any atom is 0.238 e. The van der Waals surface area contributed by atoms with E-state index in [0.29, 0.717) is 6.54 Å². The third-order valence-corrected chi connectivity index (χ3v) is 3.18. The van der Waals surface area contributed by atoms with Crippen molar-refractivity contribution in [2.75, 3.05) is 20.6 Å². The Morgan fingerprint density at radius 2 is 2.22 bits per heavy atom. The van der Waals surface area contributed by atoms with E-state index in [1.54, 1.807) is 19.0 Å². The zero-order valence-corrected chi connectivity index (χ0v) is 11.1. The van der Waals surface area contributed by atoms with E-state index in [4.69, 9.17) is 4.74 Å². The van der Waals surface area contributed by atoms with Crippen molar-refractivity contribution in [1.82, 2.24) is 10.2 Å². The van der Waals surface area contributed by atoms with Crippen LogP contribution in [-0.4, -0.2) is 43.6 Å². The Bertz CT molecular complexity index is 407. The van der Waals surface area contributed by atoms with E-state index in [-0.39, 0.29) is 18.1 Å². The molecule has 0 bridgehead atoms. The summed E-state index contributed by atoms with van der Waals surface area (Å²) in [6.07, 6.45) is 1.03. The molecule has 1 amide bonds. The fourth-order valence-corrected chi connectivity index (χ4v) is 2.15. The molecule has 18 heavy (non-hydrogen) atoms. The first-order valence-corrected chi connectivity index (χ1v) is 6.27. The summed E-state index contributed by atoms with van der Waals surface area (Å²) in [6, 6.07) is 7.91. The molecule has 1 aromatic rings. The fraction of sp³-hybridized carbons (Fsp3) is 0.500. The number of rotatable bonds is 4. The molecule has 2 atom stereocenters. The van der Waals surface area contributed by atoms with E-state index in [0.717, 1.165) is 12.2 Å². The average Bonchev–Trinajstić information content (AvgIpc) is 2.77. The van der Waals surface area contributed by atoms with Crippen LogP contribution < -0.4 is 10.1 Å². The summed E-state index contributed by atoms with van der Waals surface area (Å²) in [5.74, 6) is 1.06. The van der Waals surface area contributed by atoms with Gasteiger partial charge in [0.1, 0.15) is 11.9 Å². The number of carbonyl (C=O) groups is 1. The van der Waals surface area contributed by atoms with Crippen molar-refractivity contribution in [2.45, 2.75) is 25.5 Å². The van der Waals surface area contributed by atoms with Gasteiger partial charge in [0, 0.05) is 27.1 Å². The number of likely N-dealkylation sites (N-methyl/N-ethyl adjacent to an activating group) is 1. The highest BCUT2D eigenvalue weighted by molar-refractivity contribution is 5.80. The number of ether oxygens (including phenoxy) is 1. The van der Waals surface area contributed by atoms with Crippen molar-refractivity contribution in [2.24, 2.45) is 0 Å². The van der Waals surface area contributed by atoms with Gasteiger partial charge < -0.3 is 15.0 Å². The molecule has 4 heteroatoms. The molecule has 0 fully saturated rings. The zero-order valence-electron chi connectivity index (χ0n) is 11.1. The van der Waals surface area contributed by atoms with Crippen molar-refractivity contribution in [3.05, 3.63) is 29.8 Å². The highest BCUT2D eigenvalue weighted by Gasteiger charge is 2.23. The summed E-state index contributed by atoms with van der Waals surface area (Å²) in [5, 5.41) is 3.22. The first kappa shape index (κ1) is 12.9. The fourth-order valence-electron chi connectivity index (χ4n) is 2.15. The largest absolute Gasteiger partial charge is 0.488 e. The minimum Gasteiger partial charge on any atom is -0.488 e. The summed E-state index contributed by atoms with van der Waals surface area (Å²) >= 11 is 0. The minimum absolute atomic E-state index is 0.0884. The van der Waals surface area contributed by atoms with Crippen LogP contribution in [0.5, 0.6) is 5.75 Å². The van der Waals surface area contributed by atoms with Crippen molar-refractivity contribution in [3.63, 3.8) is 0 Å². The second-order valence-electron chi connectivity index (χ2n) is 4.91. The summed E-state index contributed by atoms with van der Waals surface area (Å²) in [4.78, 5) is 13.3. The molecular formula is C14H20N2O2. The van der Waals surface area contributed by atoms with Crippen LogP contribution in [0.25, 0.3) is 0 Å². The zero-order chi connectivity index (χ0) is 13.1. The summed E-state index contributed by atoms with van der Waals surface area (Å²) < 4.78 is 5.81. The van der Waals surface area contributed by atoms with Gasteiger partial charge in [0.15, 0.2) is 0 Å². The number of hydrogen-bond acceptors (Lipinski definition) is 3. The van der Waals surface area contributed by atoms with Crippen molar-refractivity contribution in [3.8, 4) is 5.75 Å². The monoisotopic (exact) mass is 248 g/mol. The third kappa shape index (κ3) is 2.82. The number of nitrogens with one attached hydrogen (secondary N) is 1. The lowest BCUT2D eigenvalue weighted by atomic mass is 10.1. The Balaban J connectivity index is 1.82. The second kappa shape index (κ2) is 5.40. The molecular weight excluding hydrogens is 228 g/mol. The Morgan fingerprint density at radius 3 is 2.89 bits per heavy atom. The SMILES string of the molecule is CC(NCC1Cc2ccccc2O1)C(=O)N(C)C. The number of nitrogens with zero attached hydrogens (tertiary/aromatic N) is 1. The van der Waals surface area contributed by atoms with Crippen molar-refractivity contribution >= 4 is 5.91 Å². The van der Waals surface area contributed by atoms with Crippen LogP contribution in [0.15, 0.2) is 24.3 Å². The van der Waals surface area contributed by atoms with Gasteiger partial charge in [-0.2, -0.15) is 0 Å². The van der Waals surface area contributed by atoms with Crippen molar-refractivity contribution < 1.29 is 9.53 Å². The molecule has 2 unspecified atom stereocenters. The predicted octanol–water partition coefficient (Wildman–Crippen LogP) is 1.06. The topological polar surface area (TPSA) is 41.6 Å². The first-order valence-electron chi connectivity index (χ1n) is 6.27. The van der Waals surface area contributed by atoms with Gasteiger partial charge in [-0.3, -0.25) is 4.79 Å². The van der Waals surface area contributed by atoms with E-state index in [9.17, 15) is 4.79 Å². The number of carbonyl (C=O) groups excluding carboxylic acids is 1. The Morgan fingerprint density at radius 1 is 1.50 bits per heavy atom. The molecule has 2 rings (SSSR count). The van der Waals surface area contributed by atoms with Crippen LogP contribution in [0.4, 0.5) is 0 Å². The van der Waals surface area contributed by atoms with Crippen LogP contribution in [0.2, 0.25) is 0 Å². The Kier molecular flexibility index (Phi) is 3.87. The maximum atomic E-state index is 11.7. The van der Waals surface area contributed by atoms with Crippen LogP contribution in [0.3, 0.4) is 0 Å². The molecule has 1 aromatic carbocycles. The highest BCUT2D eigenvalue weighted by Crippen LogP contribution is 2.27. The van der Waals surface area contributed by atoms with Gasteiger partial charge in [-0.1, -0.05) is 18.2 Å². The number of benzene rings is 1. The van der Waals surface area contributed by atoms with Gasteiger partial charge in [0.25, 0.3) is 0 Å². The van der Waals surface area contributed by atoms with E-state index in [2.05, 4.69) is 11.4 Å². The quantitative estimate of drug-likeness (QED) is 0.866. The summed E-state index contributed by atoms with van der Waals surface area (Å²) in [7, 11) is 3.53. The molecule has 0 spiro atoms. The van der Waals surface area contributed by atoms with Crippen LogP contribution in [-0.2, 0) is 11.2 Å². The second-order valence-corrected chi connectivity index (χ2v) is 4.91. The van der Waals surface area contributed by atoms with Gasteiger partial charge in [0.2, 0.25) is 5.91 Å². The lowest BCUT2D eigenvalue weighted by Gasteiger charge is -2.20. The van der Waals surface area contributed by atoms with E-state index >= 15 is 0 Å². The van der Waals surface area contributed by atoms with Gasteiger partial charge in [-0.25, -0.2) is 0 Å². The molecule has 1 heterocycles. The summed E-state index contributed by atoms with van der Waals surface area (Å²) in [5.41, 5.74) is 1.25. The lowest BCUT2D eigenvalue weighted by molar-refractivity contribution is -0.130. The Hall–Kier alpha value is -1.55. The Labute approximate surface area is 108 Å². The normalized spacial score (nSPS) is 18.9. The summed E-state index contributed by atoms with van der Waals surface area (Å²) in [6.45, 7) is 2.57.